The highest BCUT2D eigenvalue weighted by Gasteiger charge is 2.43. The van der Waals surface area contributed by atoms with Gasteiger partial charge in [0, 0.05) is 29.8 Å². The van der Waals surface area contributed by atoms with Crippen LogP contribution in [0.15, 0.2) is 48.5 Å². The van der Waals surface area contributed by atoms with E-state index in [1.165, 1.54) is 16.6 Å². The van der Waals surface area contributed by atoms with E-state index in [0.717, 1.165) is 36.1 Å². The third kappa shape index (κ3) is 3.18. The van der Waals surface area contributed by atoms with Gasteiger partial charge in [0.15, 0.2) is 0 Å². The molecular weight excluding hydrogens is 376 g/mol. The summed E-state index contributed by atoms with van der Waals surface area (Å²) in [7, 11) is 1.66. The summed E-state index contributed by atoms with van der Waals surface area (Å²) in [5.74, 6) is 0.906. The van der Waals surface area contributed by atoms with Crippen molar-refractivity contribution >= 4 is 16.8 Å². The molecule has 1 aliphatic heterocycles. The fourth-order valence-electron chi connectivity index (χ4n) is 5.13. The second kappa shape index (κ2) is 7.80. The number of amides is 1. The number of aromatic nitrogens is 1. The highest BCUT2D eigenvalue weighted by molar-refractivity contribution is 5.90. The van der Waals surface area contributed by atoms with E-state index in [4.69, 9.17) is 9.47 Å². The SMILES string of the molecule is COc1ccc(C2(C(=O)N[C@H]3CCCc4c3[nH]c3ccccc43)CCOCC2)cc1. The Hall–Kier alpha value is -2.79. The van der Waals surface area contributed by atoms with Crippen LogP contribution in [0.5, 0.6) is 5.75 Å². The summed E-state index contributed by atoms with van der Waals surface area (Å²) in [6.45, 7) is 1.20. The maximum Gasteiger partial charge on any atom is 0.231 e. The molecule has 1 atom stereocenters. The van der Waals surface area contributed by atoms with Gasteiger partial charge in [0.1, 0.15) is 5.75 Å². The Kier molecular flexibility index (Phi) is 4.99. The molecule has 5 heteroatoms. The molecule has 1 fully saturated rings. The number of rotatable bonds is 4. The second-order valence-electron chi connectivity index (χ2n) is 8.40. The molecule has 5 rings (SSSR count). The highest BCUT2D eigenvalue weighted by atomic mass is 16.5. The number of carbonyl (C=O) groups is 1. The van der Waals surface area contributed by atoms with Crippen molar-refractivity contribution in [3.05, 3.63) is 65.4 Å². The number of methoxy groups -OCH3 is 1. The molecule has 1 aliphatic carbocycles. The van der Waals surface area contributed by atoms with Gasteiger partial charge >= 0.3 is 0 Å². The van der Waals surface area contributed by atoms with Crippen molar-refractivity contribution < 1.29 is 14.3 Å². The van der Waals surface area contributed by atoms with Crippen molar-refractivity contribution in [3.63, 3.8) is 0 Å². The maximum absolute atomic E-state index is 13.8. The van der Waals surface area contributed by atoms with E-state index in [1.807, 2.05) is 24.3 Å². The number of nitrogens with one attached hydrogen (secondary N) is 2. The third-order valence-corrected chi connectivity index (χ3v) is 6.84. The van der Waals surface area contributed by atoms with Crippen molar-refractivity contribution in [2.75, 3.05) is 20.3 Å². The van der Waals surface area contributed by atoms with Gasteiger partial charge in [-0.25, -0.2) is 0 Å². The number of aromatic amines is 1. The van der Waals surface area contributed by atoms with Crippen LogP contribution in [0.3, 0.4) is 0 Å². The Bertz CT molecular complexity index is 1050. The van der Waals surface area contributed by atoms with Gasteiger partial charge in [-0.15, -0.1) is 0 Å². The van der Waals surface area contributed by atoms with Gasteiger partial charge in [-0.3, -0.25) is 4.79 Å². The number of aryl methyl sites for hydroxylation is 1. The molecule has 0 unspecified atom stereocenters. The fourth-order valence-corrected chi connectivity index (χ4v) is 5.13. The Labute approximate surface area is 176 Å². The zero-order valence-electron chi connectivity index (χ0n) is 17.4. The number of hydrogen-bond donors (Lipinski definition) is 2. The lowest BCUT2D eigenvalue weighted by Gasteiger charge is -2.38. The average molecular weight is 405 g/mol. The second-order valence-corrected chi connectivity index (χ2v) is 8.40. The molecular formula is C25H28N2O3. The zero-order valence-corrected chi connectivity index (χ0v) is 17.4. The molecule has 2 aliphatic rings. The quantitative estimate of drug-likeness (QED) is 0.677. The predicted molar refractivity (Wildman–Crippen MR) is 117 cm³/mol. The lowest BCUT2D eigenvalue weighted by atomic mass is 9.73. The molecule has 2 aromatic carbocycles. The normalized spacial score (nSPS) is 20.5. The monoisotopic (exact) mass is 404 g/mol. The van der Waals surface area contributed by atoms with E-state index < -0.39 is 5.41 Å². The molecule has 0 spiro atoms. The first-order chi connectivity index (χ1) is 14.7. The van der Waals surface area contributed by atoms with Gasteiger partial charge in [-0.1, -0.05) is 30.3 Å². The maximum atomic E-state index is 13.8. The van der Waals surface area contributed by atoms with Crippen LogP contribution in [0.4, 0.5) is 0 Å². The Morgan fingerprint density at radius 2 is 1.90 bits per heavy atom. The van der Waals surface area contributed by atoms with Crippen molar-refractivity contribution in [3.8, 4) is 5.75 Å². The van der Waals surface area contributed by atoms with E-state index >= 15 is 0 Å². The molecule has 1 saturated heterocycles. The average Bonchev–Trinajstić information content (AvgIpc) is 3.19. The molecule has 0 saturated carbocycles. The molecule has 3 aromatic rings. The summed E-state index contributed by atoms with van der Waals surface area (Å²) in [4.78, 5) is 17.3. The van der Waals surface area contributed by atoms with Gasteiger partial charge in [-0.2, -0.15) is 0 Å². The van der Waals surface area contributed by atoms with E-state index in [-0.39, 0.29) is 11.9 Å². The van der Waals surface area contributed by atoms with E-state index in [2.05, 4.69) is 34.6 Å². The van der Waals surface area contributed by atoms with Gasteiger partial charge in [0.2, 0.25) is 5.91 Å². The number of hydrogen-bond acceptors (Lipinski definition) is 3. The van der Waals surface area contributed by atoms with Crippen molar-refractivity contribution in [1.82, 2.24) is 10.3 Å². The smallest absolute Gasteiger partial charge is 0.231 e. The first kappa shape index (κ1) is 19.2. The van der Waals surface area contributed by atoms with Crippen molar-refractivity contribution in [2.24, 2.45) is 0 Å². The van der Waals surface area contributed by atoms with Gasteiger partial charge in [-0.05, 0) is 61.4 Å². The minimum Gasteiger partial charge on any atom is -0.497 e. The zero-order chi connectivity index (χ0) is 20.6. The van der Waals surface area contributed by atoms with Crippen LogP contribution in [-0.4, -0.2) is 31.2 Å². The molecule has 1 amide bonds. The lowest BCUT2D eigenvalue weighted by Crippen LogP contribution is -2.49. The minimum absolute atomic E-state index is 0.0200. The number of fused-ring (bicyclic) bond motifs is 3. The lowest BCUT2D eigenvalue weighted by molar-refractivity contribution is -0.131. The van der Waals surface area contributed by atoms with Crippen molar-refractivity contribution in [2.45, 2.75) is 43.6 Å². The molecule has 0 bridgehead atoms. The summed E-state index contributed by atoms with van der Waals surface area (Å²) < 4.78 is 10.9. The van der Waals surface area contributed by atoms with Gasteiger partial charge < -0.3 is 19.8 Å². The fraction of sp³-hybridized carbons (Fsp3) is 0.400. The summed E-state index contributed by atoms with van der Waals surface area (Å²) in [5, 5.41) is 4.70. The van der Waals surface area contributed by atoms with Crippen LogP contribution in [0.1, 0.15) is 48.5 Å². The predicted octanol–water partition coefficient (Wildman–Crippen LogP) is 4.42. The standard InChI is InChI=1S/C25H28N2O3/c1-29-18-11-9-17(10-12-18)25(13-15-30-16-14-25)24(28)27-22-8-4-6-20-19-5-2-3-7-21(19)26-23(20)22/h2-3,5,7,9-12,22,26H,4,6,8,13-16H2,1H3,(H,27,28)/t22-/m0/s1. The Morgan fingerprint density at radius 1 is 1.13 bits per heavy atom. The molecule has 2 N–H and O–H groups in total. The van der Waals surface area contributed by atoms with E-state index in [0.29, 0.717) is 26.1 Å². The molecule has 1 aromatic heterocycles. The van der Waals surface area contributed by atoms with Crippen LogP contribution in [-0.2, 0) is 21.4 Å². The Balaban J connectivity index is 1.47. The van der Waals surface area contributed by atoms with Crippen LogP contribution < -0.4 is 10.1 Å². The van der Waals surface area contributed by atoms with Crippen LogP contribution in [0.2, 0.25) is 0 Å². The number of H-pyrrole nitrogens is 1. The summed E-state index contributed by atoms with van der Waals surface area (Å²) >= 11 is 0. The minimum atomic E-state index is -0.561. The summed E-state index contributed by atoms with van der Waals surface area (Å²) in [6.07, 6.45) is 4.48. The third-order valence-electron chi connectivity index (χ3n) is 6.84. The van der Waals surface area contributed by atoms with Crippen molar-refractivity contribution in [1.29, 1.82) is 0 Å². The molecule has 156 valence electrons. The van der Waals surface area contributed by atoms with Crippen LogP contribution >= 0.6 is 0 Å². The first-order valence-electron chi connectivity index (χ1n) is 10.8. The first-order valence-corrected chi connectivity index (χ1v) is 10.8. The largest absolute Gasteiger partial charge is 0.497 e. The van der Waals surface area contributed by atoms with E-state index in [9.17, 15) is 4.79 Å². The van der Waals surface area contributed by atoms with Crippen LogP contribution in [0.25, 0.3) is 10.9 Å². The number of carbonyl (C=O) groups excluding carboxylic acids is 1. The van der Waals surface area contributed by atoms with E-state index in [1.54, 1.807) is 7.11 Å². The molecule has 2 heterocycles. The topological polar surface area (TPSA) is 63.3 Å². The van der Waals surface area contributed by atoms with Gasteiger partial charge in [0.05, 0.1) is 18.6 Å². The summed E-state index contributed by atoms with van der Waals surface area (Å²) in [5.41, 5.74) is 4.16. The number of para-hydroxylation sites is 1. The van der Waals surface area contributed by atoms with Crippen LogP contribution in [0, 0.1) is 0 Å². The molecule has 30 heavy (non-hydrogen) atoms. The molecule has 0 radical (unpaired) electrons. The molecule has 5 nitrogen and oxygen atoms in total. The summed E-state index contributed by atoms with van der Waals surface area (Å²) in [6, 6.07) is 16.4. The Morgan fingerprint density at radius 3 is 2.67 bits per heavy atom. The number of ether oxygens (including phenoxy) is 2. The van der Waals surface area contributed by atoms with Gasteiger partial charge in [0.25, 0.3) is 0 Å². The highest BCUT2D eigenvalue weighted by Crippen LogP contribution is 2.39. The number of benzene rings is 2.